The van der Waals surface area contributed by atoms with E-state index in [2.05, 4.69) is 5.32 Å². The molecule has 17 heavy (non-hydrogen) atoms. The normalized spacial score (nSPS) is 32.8. The van der Waals surface area contributed by atoms with Gasteiger partial charge < -0.3 is 10.4 Å². The predicted molar refractivity (Wildman–Crippen MR) is 63.3 cm³/mol. The van der Waals surface area contributed by atoms with Gasteiger partial charge in [-0.15, -0.1) is 0 Å². The molecule has 0 aromatic heterocycles. The van der Waals surface area contributed by atoms with Gasteiger partial charge in [-0.3, -0.25) is 4.79 Å². The number of fused-ring (bicyclic) bond motifs is 1. The summed E-state index contributed by atoms with van der Waals surface area (Å²) in [7, 11) is 0. The summed E-state index contributed by atoms with van der Waals surface area (Å²) in [4.78, 5) is 23.2. The summed E-state index contributed by atoms with van der Waals surface area (Å²) in [5, 5.41) is 11.8. The molecule has 4 heteroatoms. The quantitative estimate of drug-likeness (QED) is 0.787. The fraction of sp³-hybridized carbons (Fsp3) is 0.846. The summed E-state index contributed by atoms with van der Waals surface area (Å²) < 4.78 is 0. The van der Waals surface area contributed by atoms with Crippen molar-refractivity contribution in [3.05, 3.63) is 0 Å². The Morgan fingerprint density at radius 2 is 1.71 bits per heavy atom. The molecule has 2 aliphatic rings. The van der Waals surface area contributed by atoms with Gasteiger partial charge in [-0.25, -0.2) is 4.79 Å². The van der Waals surface area contributed by atoms with Crippen LogP contribution in [0.2, 0.25) is 0 Å². The molecule has 2 rings (SSSR count). The van der Waals surface area contributed by atoms with Crippen LogP contribution in [0.4, 0.5) is 0 Å². The van der Waals surface area contributed by atoms with Gasteiger partial charge in [0.2, 0.25) is 5.91 Å². The molecule has 0 saturated heterocycles. The number of carbonyl (C=O) groups is 2. The average molecular weight is 239 g/mol. The zero-order valence-electron chi connectivity index (χ0n) is 10.7. The number of rotatable bonds is 3. The molecule has 1 amide bonds. The van der Waals surface area contributed by atoms with E-state index in [0.717, 1.165) is 24.7 Å². The molecule has 2 saturated carbocycles. The first-order valence-corrected chi connectivity index (χ1v) is 6.32. The number of aliphatic carboxylic acids is 1. The van der Waals surface area contributed by atoms with Crippen LogP contribution < -0.4 is 5.32 Å². The smallest absolute Gasteiger partial charge is 0.326 e. The Labute approximate surface area is 102 Å². The molecule has 2 aliphatic carbocycles. The van der Waals surface area contributed by atoms with E-state index in [9.17, 15) is 9.59 Å². The fourth-order valence-electron chi connectivity index (χ4n) is 2.84. The molecule has 0 radical (unpaired) electrons. The highest BCUT2D eigenvalue weighted by Gasteiger charge is 2.48. The van der Waals surface area contributed by atoms with Gasteiger partial charge in [0.15, 0.2) is 0 Å². The third-order valence-electron chi connectivity index (χ3n) is 4.01. The van der Waals surface area contributed by atoms with Crippen LogP contribution in [0.1, 0.15) is 40.0 Å². The summed E-state index contributed by atoms with van der Waals surface area (Å²) in [5.41, 5.74) is -0.455. The first-order chi connectivity index (χ1) is 7.79. The van der Waals surface area contributed by atoms with Crippen molar-refractivity contribution in [2.24, 2.45) is 23.2 Å². The molecule has 4 nitrogen and oxygen atoms in total. The lowest BCUT2D eigenvalue weighted by Crippen LogP contribution is -2.50. The van der Waals surface area contributed by atoms with Crippen LogP contribution in [0.25, 0.3) is 0 Å². The van der Waals surface area contributed by atoms with Gasteiger partial charge in [0.05, 0.1) is 0 Å². The van der Waals surface area contributed by atoms with E-state index < -0.39 is 17.4 Å². The Morgan fingerprint density at radius 1 is 1.18 bits per heavy atom. The zero-order chi connectivity index (χ0) is 12.8. The monoisotopic (exact) mass is 239 g/mol. The third kappa shape index (κ3) is 2.61. The van der Waals surface area contributed by atoms with Crippen molar-refractivity contribution in [2.45, 2.75) is 46.1 Å². The molecule has 0 spiro atoms. The van der Waals surface area contributed by atoms with E-state index in [1.807, 2.05) is 20.8 Å². The summed E-state index contributed by atoms with van der Waals surface area (Å²) >= 11 is 0. The standard InChI is InChI=1S/C13H21NO3/c1-13(2,3)10(12(16)17)14-11(15)9-5-7-4-8(7)6-9/h7-10H,4-6H2,1-3H3,(H,14,15)(H,16,17)/t7?,8?,9?,10-/m0/s1. The summed E-state index contributed by atoms with van der Waals surface area (Å²) in [6.45, 7) is 5.49. The zero-order valence-corrected chi connectivity index (χ0v) is 10.7. The highest BCUT2D eigenvalue weighted by molar-refractivity contribution is 5.85. The van der Waals surface area contributed by atoms with Crippen molar-refractivity contribution in [1.29, 1.82) is 0 Å². The number of carboxylic acid groups (broad SMARTS) is 1. The van der Waals surface area contributed by atoms with E-state index in [4.69, 9.17) is 5.11 Å². The van der Waals surface area contributed by atoms with Gasteiger partial charge in [-0.05, 0) is 36.5 Å². The Hall–Kier alpha value is -1.06. The molecule has 96 valence electrons. The Morgan fingerprint density at radius 3 is 2.12 bits per heavy atom. The van der Waals surface area contributed by atoms with Gasteiger partial charge in [-0.1, -0.05) is 20.8 Å². The topological polar surface area (TPSA) is 66.4 Å². The maximum absolute atomic E-state index is 12.0. The van der Waals surface area contributed by atoms with Crippen molar-refractivity contribution in [1.82, 2.24) is 5.32 Å². The van der Waals surface area contributed by atoms with Crippen LogP contribution in [0.5, 0.6) is 0 Å². The van der Waals surface area contributed by atoms with Crippen LogP contribution in [0, 0.1) is 23.2 Å². The highest BCUT2D eigenvalue weighted by atomic mass is 16.4. The maximum atomic E-state index is 12.0. The molecular weight excluding hydrogens is 218 g/mol. The number of carbonyl (C=O) groups excluding carboxylic acids is 1. The van der Waals surface area contributed by atoms with Crippen molar-refractivity contribution >= 4 is 11.9 Å². The molecule has 2 N–H and O–H groups in total. The second-order valence-corrected chi connectivity index (χ2v) is 6.57. The number of carboxylic acids is 1. The minimum Gasteiger partial charge on any atom is -0.480 e. The minimum atomic E-state index is -0.950. The first kappa shape index (κ1) is 12.4. The SMILES string of the molecule is CC(C)(C)[C@@H](NC(=O)C1CC2CC2C1)C(=O)O. The molecule has 2 fully saturated rings. The lowest BCUT2D eigenvalue weighted by molar-refractivity contribution is -0.145. The van der Waals surface area contributed by atoms with Crippen LogP contribution >= 0.6 is 0 Å². The predicted octanol–water partition coefficient (Wildman–Crippen LogP) is 1.65. The van der Waals surface area contributed by atoms with Crippen molar-refractivity contribution < 1.29 is 14.7 Å². The number of hydrogen-bond donors (Lipinski definition) is 2. The maximum Gasteiger partial charge on any atom is 0.326 e. The molecular formula is C13H21NO3. The second kappa shape index (κ2) is 4.00. The average Bonchev–Trinajstić information content (AvgIpc) is 2.79. The van der Waals surface area contributed by atoms with Gasteiger partial charge in [0.1, 0.15) is 6.04 Å². The summed E-state index contributed by atoms with van der Waals surface area (Å²) in [5.74, 6) is 0.504. The molecule has 0 bridgehead atoms. The van der Waals surface area contributed by atoms with Crippen LogP contribution in [-0.4, -0.2) is 23.0 Å². The van der Waals surface area contributed by atoms with Gasteiger partial charge in [-0.2, -0.15) is 0 Å². The molecule has 0 aromatic carbocycles. The molecule has 0 aliphatic heterocycles. The Balaban J connectivity index is 1.93. The van der Waals surface area contributed by atoms with Crippen LogP contribution in [0.3, 0.4) is 0 Å². The third-order valence-corrected chi connectivity index (χ3v) is 4.01. The minimum absolute atomic E-state index is 0.0444. The van der Waals surface area contributed by atoms with Gasteiger partial charge in [0, 0.05) is 5.92 Å². The van der Waals surface area contributed by atoms with E-state index in [-0.39, 0.29) is 11.8 Å². The fourth-order valence-corrected chi connectivity index (χ4v) is 2.84. The molecule has 3 atom stereocenters. The molecule has 0 heterocycles. The van der Waals surface area contributed by atoms with Gasteiger partial charge in [0.25, 0.3) is 0 Å². The second-order valence-electron chi connectivity index (χ2n) is 6.57. The first-order valence-electron chi connectivity index (χ1n) is 6.32. The van der Waals surface area contributed by atoms with E-state index in [1.165, 1.54) is 6.42 Å². The molecule has 0 aromatic rings. The van der Waals surface area contributed by atoms with E-state index in [1.54, 1.807) is 0 Å². The summed E-state index contributed by atoms with van der Waals surface area (Å²) in [6, 6.07) is -0.799. The van der Waals surface area contributed by atoms with Crippen LogP contribution in [-0.2, 0) is 9.59 Å². The lowest BCUT2D eigenvalue weighted by Gasteiger charge is -2.29. The molecule has 2 unspecified atom stereocenters. The van der Waals surface area contributed by atoms with Crippen LogP contribution in [0.15, 0.2) is 0 Å². The lowest BCUT2D eigenvalue weighted by atomic mass is 9.86. The Kier molecular flexibility index (Phi) is 2.92. The Bertz CT molecular complexity index is 335. The number of hydrogen-bond acceptors (Lipinski definition) is 2. The van der Waals surface area contributed by atoms with Crippen molar-refractivity contribution in [3.8, 4) is 0 Å². The largest absolute Gasteiger partial charge is 0.480 e. The van der Waals surface area contributed by atoms with Crippen molar-refractivity contribution in [2.75, 3.05) is 0 Å². The van der Waals surface area contributed by atoms with Crippen molar-refractivity contribution in [3.63, 3.8) is 0 Å². The van der Waals surface area contributed by atoms with E-state index >= 15 is 0 Å². The number of amides is 1. The van der Waals surface area contributed by atoms with Gasteiger partial charge >= 0.3 is 5.97 Å². The highest BCUT2D eigenvalue weighted by Crippen LogP contribution is 2.54. The summed E-state index contributed by atoms with van der Waals surface area (Å²) in [6.07, 6.45) is 3.17. The van der Waals surface area contributed by atoms with E-state index in [0.29, 0.717) is 0 Å². The number of nitrogens with one attached hydrogen (secondary N) is 1.